The van der Waals surface area contributed by atoms with Gasteiger partial charge < -0.3 is 4.98 Å². The van der Waals surface area contributed by atoms with E-state index < -0.39 is 5.56 Å². The average molecular weight is 305 g/mol. The van der Waals surface area contributed by atoms with Crippen molar-refractivity contribution in [3.63, 3.8) is 0 Å². The van der Waals surface area contributed by atoms with Crippen LogP contribution in [0.25, 0.3) is 22.4 Å². The first kappa shape index (κ1) is 14.7. The van der Waals surface area contributed by atoms with Crippen molar-refractivity contribution in [1.82, 2.24) is 9.97 Å². The van der Waals surface area contributed by atoms with Crippen LogP contribution in [0.15, 0.2) is 53.6 Å². The van der Waals surface area contributed by atoms with Crippen molar-refractivity contribution < 1.29 is 4.39 Å². The Labute approximate surface area is 131 Å². The monoisotopic (exact) mass is 305 g/mol. The van der Waals surface area contributed by atoms with E-state index in [2.05, 4.69) is 9.97 Å². The fourth-order valence-electron chi connectivity index (χ4n) is 2.57. The molecule has 0 atom stereocenters. The number of pyridine rings is 2. The molecule has 0 radical (unpaired) electrons. The lowest BCUT2D eigenvalue weighted by atomic mass is 9.93. The van der Waals surface area contributed by atoms with Crippen molar-refractivity contribution >= 4 is 0 Å². The van der Waals surface area contributed by atoms with Crippen molar-refractivity contribution in [2.45, 2.75) is 6.92 Å². The second-order valence-electron chi connectivity index (χ2n) is 5.06. The predicted molar refractivity (Wildman–Crippen MR) is 85.1 cm³/mol. The highest BCUT2D eigenvalue weighted by molar-refractivity contribution is 5.84. The van der Waals surface area contributed by atoms with Crippen molar-refractivity contribution in [2.75, 3.05) is 0 Å². The lowest BCUT2D eigenvalue weighted by Crippen LogP contribution is -2.15. The van der Waals surface area contributed by atoms with Gasteiger partial charge in [0.05, 0.1) is 5.69 Å². The summed E-state index contributed by atoms with van der Waals surface area (Å²) in [7, 11) is 0. The number of nitrogens with zero attached hydrogens (tertiary/aromatic N) is 2. The van der Waals surface area contributed by atoms with Crippen LogP contribution in [-0.4, -0.2) is 9.97 Å². The van der Waals surface area contributed by atoms with Crippen molar-refractivity contribution in [3.8, 4) is 28.5 Å². The highest BCUT2D eigenvalue weighted by Crippen LogP contribution is 2.33. The third-order valence-electron chi connectivity index (χ3n) is 3.68. The zero-order chi connectivity index (χ0) is 16.4. The molecule has 0 aliphatic heterocycles. The molecule has 0 amide bonds. The number of halogens is 1. The van der Waals surface area contributed by atoms with E-state index in [4.69, 9.17) is 0 Å². The molecule has 0 aliphatic rings. The smallest absolute Gasteiger partial charge is 0.266 e. The summed E-state index contributed by atoms with van der Waals surface area (Å²) in [5, 5.41) is 9.24. The first-order valence-electron chi connectivity index (χ1n) is 6.95. The largest absolute Gasteiger partial charge is 0.320 e. The zero-order valence-corrected chi connectivity index (χ0v) is 12.3. The van der Waals surface area contributed by atoms with Crippen LogP contribution in [0.4, 0.5) is 4.39 Å². The van der Waals surface area contributed by atoms with Gasteiger partial charge in [-0.2, -0.15) is 5.26 Å². The van der Waals surface area contributed by atoms with Gasteiger partial charge in [-0.15, -0.1) is 0 Å². The van der Waals surface area contributed by atoms with E-state index in [1.165, 1.54) is 12.1 Å². The Morgan fingerprint density at radius 3 is 2.35 bits per heavy atom. The van der Waals surface area contributed by atoms with Crippen LogP contribution >= 0.6 is 0 Å². The summed E-state index contributed by atoms with van der Waals surface area (Å²) < 4.78 is 13.2. The van der Waals surface area contributed by atoms with Gasteiger partial charge in [0.25, 0.3) is 5.56 Å². The third-order valence-corrected chi connectivity index (χ3v) is 3.68. The van der Waals surface area contributed by atoms with E-state index in [1.54, 1.807) is 43.6 Å². The number of H-pyrrole nitrogens is 1. The van der Waals surface area contributed by atoms with E-state index >= 15 is 0 Å². The first-order chi connectivity index (χ1) is 11.1. The Kier molecular flexibility index (Phi) is 3.73. The average Bonchev–Trinajstić information content (AvgIpc) is 2.56. The van der Waals surface area contributed by atoms with Crippen LogP contribution in [0, 0.1) is 24.1 Å². The van der Waals surface area contributed by atoms with Crippen molar-refractivity contribution in [1.29, 1.82) is 5.26 Å². The molecule has 23 heavy (non-hydrogen) atoms. The van der Waals surface area contributed by atoms with Gasteiger partial charge in [-0.05, 0) is 60.0 Å². The van der Waals surface area contributed by atoms with Gasteiger partial charge in [-0.1, -0.05) is 0 Å². The summed E-state index contributed by atoms with van der Waals surface area (Å²) in [6.45, 7) is 1.73. The van der Waals surface area contributed by atoms with Gasteiger partial charge in [0, 0.05) is 18.0 Å². The highest BCUT2D eigenvalue weighted by Gasteiger charge is 2.17. The Morgan fingerprint density at radius 1 is 1.09 bits per heavy atom. The summed E-state index contributed by atoms with van der Waals surface area (Å²) in [6, 6.07) is 11.4. The van der Waals surface area contributed by atoms with E-state index in [0.29, 0.717) is 16.8 Å². The standard InChI is InChI=1S/C18H12FN3O/c1-11-15(10-20)18(23)22-17(13-2-4-14(19)5-3-13)16(11)12-6-8-21-9-7-12/h2-9H,1H3,(H,22,23). The maximum atomic E-state index is 13.2. The summed E-state index contributed by atoms with van der Waals surface area (Å²) in [4.78, 5) is 18.9. The molecular weight excluding hydrogens is 293 g/mol. The Balaban J connectivity index is 2.38. The maximum Gasteiger partial charge on any atom is 0.266 e. The second-order valence-corrected chi connectivity index (χ2v) is 5.06. The molecule has 112 valence electrons. The topological polar surface area (TPSA) is 69.5 Å². The zero-order valence-electron chi connectivity index (χ0n) is 12.3. The number of rotatable bonds is 2. The SMILES string of the molecule is Cc1c(-c2ccncc2)c(-c2ccc(F)cc2)[nH]c(=O)c1C#N. The van der Waals surface area contributed by atoms with E-state index in [1.807, 2.05) is 6.07 Å². The summed E-state index contributed by atoms with van der Waals surface area (Å²) >= 11 is 0. The fourth-order valence-corrected chi connectivity index (χ4v) is 2.57. The van der Waals surface area contributed by atoms with Crippen LogP contribution in [0.3, 0.4) is 0 Å². The molecule has 1 N–H and O–H groups in total. The molecule has 3 aromatic rings. The van der Waals surface area contributed by atoms with Crippen LogP contribution in [0.5, 0.6) is 0 Å². The molecule has 4 nitrogen and oxygen atoms in total. The molecule has 5 heteroatoms. The Hall–Kier alpha value is -3.26. The number of aromatic nitrogens is 2. The van der Waals surface area contributed by atoms with Crippen LogP contribution < -0.4 is 5.56 Å². The number of hydrogen-bond donors (Lipinski definition) is 1. The summed E-state index contributed by atoms with van der Waals surface area (Å²) in [5.41, 5.74) is 2.98. The van der Waals surface area contributed by atoms with Gasteiger partial charge in [0.1, 0.15) is 17.4 Å². The normalized spacial score (nSPS) is 10.3. The minimum atomic E-state index is -0.456. The molecule has 0 unspecified atom stereocenters. The van der Waals surface area contributed by atoms with Crippen molar-refractivity contribution in [3.05, 3.63) is 76.1 Å². The molecular formula is C18H12FN3O. The number of hydrogen-bond acceptors (Lipinski definition) is 3. The Bertz CT molecular complexity index is 955. The van der Waals surface area contributed by atoms with Gasteiger partial charge in [-0.3, -0.25) is 9.78 Å². The van der Waals surface area contributed by atoms with Crippen molar-refractivity contribution in [2.24, 2.45) is 0 Å². The van der Waals surface area contributed by atoms with Crippen LogP contribution in [0.2, 0.25) is 0 Å². The lowest BCUT2D eigenvalue weighted by molar-refractivity contribution is 0.628. The minimum Gasteiger partial charge on any atom is -0.320 e. The number of nitriles is 1. The van der Waals surface area contributed by atoms with Crippen LogP contribution in [-0.2, 0) is 0 Å². The number of nitrogens with one attached hydrogen (secondary N) is 1. The number of benzene rings is 1. The molecule has 2 heterocycles. The van der Waals surface area contributed by atoms with E-state index in [9.17, 15) is 14.4 Å². The predicted octanol–water partition coefficient (Wildman–Crippen LogP) is 3.42. The molecule has 2 aromatic heterocycles. The molecule has 0 saturated carbocycles. The molecule has 0 spiro atoms. The van der Waals surface area contributed by atoms with E-state index in [-0.39, 0.29) is 11.4 Å². The summed E-state index contributed by atoms with van der Waals surface area (Å²) in [5.74, 6) is -0.355. The highest BCUT2D eigenvalue weighted by atomic mass is 19.1. The van der Waals surface area contributed by atoms with Crippen LogP contribution in [0.1, 0.15) is 11.1 Å². The molecule has 0 saturated heterocycles. The van der Waals surface area contributed by atoms with Gasteiger partial charge >= 0.3 is 0 Å². The quantitative estimate of drug-likeness (QED) is 0.788. The van der Waals surface area contributed by atoms with Gasteiger partial charge in [0.2, 0.25) is 0 Å². The second kappa shape index (κ2) is 5.85. The first-order valence-corrected chi connectivity index (χ1v) is 6.95. The van der Waals surface area contributed by atoms with E-state index in [0.717, 1.165) is 11.1 Å². The molecule has 3 rings (SSSR count). The minimum absolute atomic E-state index is 0.0719. The van der Waals surface area contributed by atoms with Gasteiger partial charge in [0.15, 0.2) is 0 Å². The maximum absolute atomic E-state index is 13.2. The number of aromatic amines is 1. The molecule has 0 fully saturated rings. The molecule has 1 aromatic carbocycles. The lowest BCUT2D eigenvalue weighted by Gasteiger charge is -2.14. The molecule has 0 bridgehead atoms. The summed E-state index contributed by atoms with van der Waals surface area (Å²) in [6.07, 6.45) is 3.28. The third kappa shape index (κ3) is 2.62. The van der Waals surface area contributed by atoms with Gasteiger partial charge in [-0.25, -0.2) is 4.39 Å². The Morgan fingerprint density at radius 2 is 1.74 bits per heavy atom. The molecule has 0 aliphatic carbocycles. The fraction of sp³-hybridized carbons (Fsp3) is 0.0556.